The van der Waals surface area contributed by atoms with Crippen LogP contribution in [0.4, 0.5) is 0 Å². The summed E-state index contributed by atoms with van der Waals surface area (Å²) < 4.78 is 5.96. The maximum Gasteiger partial charge on any atom is 0.233 e. The van der Waals surface area contributed by atoms with Crippen molar-refractivity contribution >= 4 is 11.6 Å². The molecule has 0 radical (unpaired) electrons. The van der Waals surface area contributed by atoms with E-state index in [4.69, 9.17) is 16.1 Å². The van der Waals surface area contributed by atoms with Crippen LogP contribution in [0.5, 0.6) is 0 Å². The van der Waals surface area contributed by atoms with Crippen molar-refractivity contribution in [2.24, 2.45) is 51.2 Å². The summed E-state index contributed by atoms with van der Waals surface area (Å²) >= 11 is 0. The Balaban J connectivity index is 1.52. The number of aliphatic hydroxyl groups excluding tert-OH is 1. The van der Waals surface area contributed by atoms with Crippen LogP contribution in [-0.2, 0) is 21.4 Å². The van der Waals surface area contributed by atoms with Crippen LogP contribution in [0.1, 0.15) is 98.7 Å². The predicted molar refractivity (Wildman–Crippen MR) is 154 cm³/mol. The third kappa shape index (κ3) is 3.46. The standard InChI is InChI=1S/C34H45N3O4/c1-19-9-13-34(29-36-25(11-16-38)37-41-29)15-14-33(7)27(26(34)20(19)2)22(39)17-24-31(5)18-21(35-8)28(40)30(3,4)23(31)10-12-32(24,33)6/h17-20,23,26-27,38H,9-16H2,1-7H3/t19-,20+,23+,26+,27-,31+,32-,33-,34+/m1/s1. The number of rotatable bonds is 3. The zero-order chi connectivity index (χ0) is 29.8. The average molecular weight is 560 g/mol. The molecule has 5 aliphatic carbocycles. The number of hydrogen-bond donors (Lipinski definition) is 1. The number of allylic oxidation sites excluding steroid dienone is 4. The second kappa shape index (κ2) is 8.96. The van der Waals surface area contributed by atoms with Crippen molar-refractivity contribution in [3.05, 3.63) is 46.6 Å². The van der Waals surface area contributed by atoms with Crippen molar-refractivity contribution in [1.82, 2.24) is 10.1 Å². The highest BCUT2D eigenvalue weighted by Gasteiger charge is 2.71. The monoisotopic (exact) mass is 559 g/mol. The molecule has 0 saturated heterocycles. The average Bonchev–Trinajstić information content (AvgIpc) is 3.39. The molecule has 0 bridgehead atoms. The molecule has 7 nitrogen and oxygen atoms in total. The summed E-state index contributed by atoms with van der Waals surface area (Å²) in [6.07, 6.45) is 9.76. The molecule has 7 heteroatoms. The molecule has 1 heterocycles. The molecule has 9 atom stereocenters. The van der Waals surface area contributed by atoms with Gasteiger partial charge in [-0.3, -0.25) is 4.79 Å². The molecule has 0 amide bonds. The first-order valence-corrected chi connectivity index (χ1v) is 15.6. The number of fused-ring (bicyclic) bond motifs is 7. The van der Waals surface area contributed by atoms with Crippen molar-refractivity contribution < 1.29 is 19.2 Å². The maximum absolute atomic E-state index is 14.7. The molecule has 1 aromatic rings. The first kappa shape index (κ1) is 28.5. The Morgan fingerprint density at radius 3 is 2.49 bits per heavy atom. The lowest BCUT2D eigenvalue weighted by molar-refractivity contribution is -0.166. The number of Topliss-reactive ketones (excluding diaryl/α,β-unsaturated/α-hetero) is 1. The van der Waals surface area contributed by atoms with Crippen LogP contribution in [0.2, 0.25) is 0 Å². The third-order valence-corrected chi connectivity index (χ3v) is 13.4. The van der Waals surface area contributed by atoms with Gasteiger partial charge in [-0.2, -0.15) is 4.98 Å². The van der Waals surface area contributed by atoms with Crippen molar-refractivity contribution in [3.8, 4) is 0 Å². The highest BCUT2D eigenvalue weighted by molar-refractivity contribution is 6.03. The highest BCUT2D eigenvalue weighted by atomic mass is 16.5. The van der Waals surface area contributed by atoms with Gasteiger partial charge in [-0.1, -0.05) is 65.3 Å². The summed E-state index contributed by atoms with van der Waals surface area (Å²) in [6, 6.07) is 0. The molecule has 0 unspecified atom stereocenters. The summed E-state index contributed by atoms with van der Waals surface area (Å²) in [6.45, 7) is 23.3. The zero-order valence-electron chi connectivity index (χ0n) is 25.7. The van der Waals surface area contributed by atoms with E-state index in [1.54, 1.807) is 0 Å². The smallest absolute Gasteiger partial charge is 0.233 e. The number of hydrogen-bond acceptors (Lipinski definition) is 6. The van der Waals surface area contributed by atoms with Gasteiger partial charge in [0.1, 0.15) is 0 Å². The Hall–Kier alpha value is -2.59. The molecule has 1 aromatic heterocycles. The van der Waals surface area contributed by atoms with Crippen LogP contribution >= 0.6 is 0 Å². The summed E-state index contributed by atoms with van der Waals surface area (Å²) in [5, 5.41) is 13.7. The first-order valence-electron chi connectivity index (χ1n) is 15.6. The molecule has 0 aromatic carbocycles. The van der Waals surface area contributed by atoms with Gasteiger partial charge in [0.25, 0.3) is 0 Å². The van der Waals surface area contributed by atoms with E-state index in [0.29, 0.717) is 30.0 Å². The van der Waals surface area contributed by atoms with Crippen molar-refractivity contribution in [2.45, 2.75) is 98.8 Å². The molecule has 3 fully saturated rings. The van der Waals surface area contributed by atoms with E-state index in [2.05, 4.69) is 44.6 Å². The fourth-order valence-corrected chi connectivity index (χ4v) is 10.8. The molecule has 220 valence electrons. The molecule has 3 saturated carbocycles. The van der Waals surface area contributed by atoms with Crippen molar-refractivity contribution in [3.63, 3.8) is 0 Å². The molecule has 5 aliphatic rings. The van der Waals surface area contributed by atoms with Gasteiger partial charge in [0.2, 0.25) is 11.6 Å². The van der Waals surface area contributed by atoms with Gasteiger partial charge in [-0.25, -0.2) is 4.85 Å². The Bertz CT molecular complexity index is 1410. The van der Waals surface area contributed by atoms with Gasteiger partial charge in [-0.05, 0) is 79.1 Å². The SMILES string of the molecule is [C-]#[N+]C1=C[C@]2(C)C3=CC(=O)[C@@H]4[C@@H]5[C@@H](C)[C@H](C)CC[C@]5(c5nc(CCO)no5)CC[C@@]4(C)[C@]3(C)CC[C@H]2C(C)(C)C1=O. The van der Waals surface area contributed by atoms with Crippen LogP contribution in [0, 0.1) is 57.8 Å². The first-order chi connectivity index (χ1) is 19.2. The van der Waals surface area contributed by atoms with Gasteiger partial charge in [0.05, 0.1) is 18.6 Å². The second-order valence-corrected chi connectivity index (χ2v) is 15.3. The van der Waals surface area contributed by atoms with Gasteiger partial charge in [0.15, 0.2) is 17.4 Å². The highest BCUT2D eigenvalue weighted by Crippen LogP contribution is 2.74. The normalized spacial score (nSPS) is 44.9. The topological polar surface area (TPSA) is 97.7 Å². The van der Waals surface area contributed by atoms with E-state index in [1.807, 2.05) is 26.0 Å². The van der Waals surface area contributed by atoms with E-state index in [1.165, 1.54) is 0 Å². The summed E-state index contributed by atoms with van der Waals surface area (Å²) in [5.74, 6) is 1.99. The fourth-order valence-electron chi connectivity index (χ4n) is 10.8. The van der Waals surface area contributed by atoms with Gasteiger partial charge in [0, 0.05) is 23.2 Å². The van der Waals surface area contributed by atoms with E-state index in [0.717, 1.165) is 44.1 Å². The summed E-state index contributed by atoms with van der Waals surface area (Å²) in [4.78, 5) is 36.5. The lowest BCUT2D eigenvalue weighted by Crippen LogP contribution is -2.66. The predicted octanol–water partition coefficient (Wildman–Crippen LogP) is 6.28. The van der Waals surface area contributed by atoms with Crippen LogP contribution < -0.4 is 0 Å². The van der Waals surface area contributed by atoms with Crippen LogP contribution in [0.25, 0.3) is 4.85 Å². The van der Waals surface area contributed by atoms with Crippen molar-refractivity contribution in [2.75, 3.05) is 6.61 Å². The summed E-state index contributed by atoms with van der Waals surface area (Å²) in [7, 11) is 0. The minimum absolute atomic E-state index is 0.0280. The molecule has 6 rings (SSSR count). The third-order valence-electron chi connectivity index (χ3n) is 13.4. The van der Waals surface area contributed by atoms with E-state index in [-0.39, 0.29) is 57.9 Å². The zero-order valence-corrected chi connectivity index (χ0v) is 25.7. The number of aromatic nitrogens is 2. The largest absolute Gasteiger partial charge is 0.396 e. The summed E-state index contributed by atoms with van der Waals surface area (Å²) in [5.41, 5.74) is -0.741. The van der Waals surface area contributed by atoms with Gasteiger partial charge < -0.3 is 14.4 Å². The molecular weight excluding hydrogens is 514 g/mol. The minimum Gasteiger partial charge on any atom is -0.396 e. The van der Waals surface area contributed by atoms with Gasteiger partial charge in [-0.15, -0.1) is 0 Å². The fraction of sp³-hybridized carbons (Fsp3) is 0.735. The maximum atomic E-state index is 14.7. The van der Waals surface area contributed by atoms with E-state index >= 15 is 0 Å². The van der Waals surface area contributed by atoms with Crippen molar-refractivity contribution in [1.29, 1.82) is 0 Å². The lowest BCUT2D eigenvalue weighted by Gasteiger charge is -2.69. The quantitative estimate of drug-likeness (QED) is 0.438. The van der Waals surface area contributed by atoms with Crippen LogP contribution in [0.3, 0.4) is 0 Å². The molecular formula is C34H45N3O4. The number of ketones is 2. The van der Waals surface area contributed by atoms with E-state index < -0.39 is 10.8 Å². The van der Waals surface area contributed by atoms with E-state index in [9.17, 15) is 14.7 Å². The van der Waals surface area contributed by atoms with Crippen LogP contribution in [-0.4, -0.2) is 33.4 Å². The molecule has 1 N–H and O–H groups in total. The Kier molecular flexibility index (Phi) is 6.23. The molecule has 0 spiro atoms. The molecule has 0 aliphatic heterocycles. The Morgan fingerprint density at radius 1 is 1.07 bits per heavy atom. The number of carbonyl (C=O) groups excluding carboxylic acids is 2. The lowest BCUT2D eigenvalue weighted by atomic mass is 9.34. The number of aliphatic hydroxyl groups is 1. The minimum atomic E-state index is -0.661. The Morgan fingerprint density at radius 2 is 1.80 bits per heavy atom. The molecule has 41 heavy (non-hydrogen) atoms. The second-order valence-electron chi connectivity index (χ2n) is 15.3. The number of carbonyl (C=O) groups is 2. The van der Waals surface area contributed by atoms with Gasteiger partial charge >= 0.3 is 0 Å². The Labute approximate surface area is 244 Å². The van der Waals surface area contributed by atoms with Crippen LogP contribution in [0.15, 0.2) is 27.9 Å². The number of nitrogens with zero attached hydrogens (tertiary/aromatic N) is 3.